The van der Waals surface area contributed by atoms with Gasteiger partial charge in [-0.25, -0.2) is 0 Å². The SMILES string of the molecule is Cc1ccc(C)c(NC(=O)c2ccccc2-c2ccccc2C#N)c1. The van der Waals surface area contributed by atoms with Crippen molar-refractivity contribution in [2.24, 2.45) is 0 Å². The van der Waals surface area contributed by atoms with Crippen LogP contribution in [0.25, 0.3) is 11.1 Å². The molecule has 3 nitrogen and oxygen atoms in total. The third-order valence-corrected chi connectivity index (χ3v) is 4.15. The summed E-state index contributed by atoms with van der Waals surface area (Å²) < 4.78 is 0. The molecule has 122 valence electrons. The van der Waals surface area contributed by atoms with Crippen LogP contribution in [0.5, 0.6) is 0 Å². The van der Waals surface area contributed by atoms with Gasteiger partial charge in [-0.3, -0.25) is 4.79 Å². The Kier molecular flexibility index (Phi) is 4.63. The van der Waals surface area contributed by atoms with Gasteiger partial charge in [0.15, 0.2) is 0 Å². The lowest BCUT2D eigenvalue weighted by molar-refractivity contribution is 0.102. The number of hydrogen-bond donors (Lipinski definition) is 1. The number of carbonyl (C=O) groups is 1. The predicted molar refractivity (Wildman–Crippen MR) is 100 cm³/mol. The number of amides is 1. The van der Waals surface area contributed by atoms with E-state index in [2.05, 4.69) is 11.4 Å². The molecular weight excluding hydrogens is 308 g/mol. The van der Waals surface area contributed by atoms with Gasteiger partial charge in [0.05, 0.1) is 11.6 Å². The van der Waals surface area contributed by atoms with Crippen molar-refractivity contribution in [2.75, 3.05) is 5.32 Å². The molecule has 0 bridgehead atoms. The molecule has 25 heavy (non-hydrogen) atoms. The Balaban J connectivity index is 2.03. The number of anilines is 1. The summed E-state index contributed by atoms with van der Waals surface area (Å²) in [6, 6.07) is 22.8. The second kappa shape index (κ2) is 7.02. The Labute approximate surface area is 147 Å². The standard InChI is InChI=1S/C22H18N2O/c1-15-11-12-16(2)21(13-15)24-22(25)20-10-6-5-9-19(20)18-8-4-3-7-17(18)14-23/h3-13H,1-2H3,(H,24,25). The van der Waals surface area contributed by atoms with E-state index in [4.69, 9.17) is 0 Å². The van der Waals surface area contributed by atoms with Crippen molar-refractivity contribution in [3.8, 4) is 17.2 Å². The number of rotatable bonds is 3. The van der Waals surface area contributed by atoms with Crippen LogP contribution in [0.15, 0.2) is 66.7 Å². The molecule has 0 aromatic heterocycles. The number of aryl methyl sites for hydroxylation is 2. The number of carbonyl (C=O) groups excluding carboxylic acids is 1. The minimum atomic E-state index is -0.183. The van der Waals surface area contributed by atoms with Gasteiger partial charge < -0.3 is 5.32 Å². The van der Waals surface area contributed by atoms with Crippen LogP contribution in [0.4, 0.5) is 5.69 Å². The van der Waals surface area contributed by atoms with Gasteiger partial charge in [0.1, 0.15) is 0 Å². The van der Waals surface area contributed by atoms with Crippen molar-refractivity contribution in [1.29, 1.82) is 5.26 Å². The number of nitriles is 1. The molecule has 0 atom stereocenters. The maximum Gasteiger partial charge on any atom is 0.256 e. The molecule has 0 radical (unpaired) electrons. The Hall–Kier alpha value is -3.38. The summed E-state index contributed by atoms with van der Waals surface area (Å²) in [6.07, 6.45) is 0. The zero-order valence-electron chi connectivity index (χ0n) is 14.2. The molecule has 1 amide bonds. The second-order valence-corrected chi connectivity index (χ2v) is 5.98. The third kappa shape index (κ3) is 3.44. The van der Waals surface area contributed by atoms with Crippen LogP contribution in [0.1, 0.15) is 27.0 Å². The van der Waals surface area contributed by atoms with E-state index in [0.717, 1.165) is 27.9 Å². The summed E-state index contributed by atoms with van der Waals surface area (Å²) in [5.74, 6) is -0.183. The zero-order valence-corrected chi connectivity index (χ0v) is 14.2. The highest BCUT2D eigenvalue weighted by molar-refractivity contribution is 6.09. The van der Waals surface area contributed by atoms with Gasteiger partial charge in [0.25, 0.3) is 5.91 Å². The first-order valence-corrected chi connectivity index (χ1v) is 8.07. The van der Waals surface area contributed by atoms with Gasteiger partial charge in [-0.05, 0) is 48.7 Å². The van der Waals surface area contributed by atoms with E-state index in [-0.39, 0.29) is 5.91 Å². The Morgan fingerprint density at radius 2 is 1.60 bits per heavy atom. The monoisotopic (exact) mass is 326 g/mol. The molecule has 0 aliphatic carbocycles. The van der Waals surface area contributed by atoms with Crippen molar-refractivity contribution in [3.63, 3.8) is 0 Å². The predicted octanol–water partition coefficient (Wildman–Crippen LogP) is 5.09. The lowest BCUT2D eigenvalue weighted by Crippen LogP contribution is -2.14. The Morgan fingerprint density at radius 1 is 0.920 bits per heavy atom. The van der Waals surface area contributed by atoms with Crippen LogP contribution < -0.4 is 5.32 Å². The Morgan fingerprint density at radius 3 is 2.36 bits per heavy atom. The van der Waals surface area contributed by atoms with Crippen molar-refractivity contribution < 1.29 is 4.79 Å². The fourth-order valence-corrected chi connectivity index (χ4v) is 2.79. The van der Waals surface area contributed by atoms with Crippen molar-refractivity contribution >= 4 is 11.6 Å². The first kappa shape index (κ1) is 16.5. The minimum absolute atomic E-state index is 0.183. The smallest absolute Gasteiger partial charge is 0.256 e. The molecule has 0 saturated carbocycles. The topological polar surface area (TPSA) is 52.9 Å². The van der Waals surface area contributed by atoms with E-state index in [1.54, 1.807) is 12.1 Å². The van der Waals surface area contributed by atoms with Gasteiger partial charge in [-0.1, -0.05) is 48.5 Å². The normalized spacial score (nSPS) is 10.1. The van der Waals surface area contributed by atoms with Gasteiger partial charge in [0, 0.05) is 16.8 Å². The van der Waals surface area contributed by atoms with Crippen LogP contribution in [-0.4, -0.2) is 5.91 Å². The zero-order chi connectivity index (χ0) is 17.8. The maximum absolute atomic E-state index is 12.9. The Bertz CT molecular complexity index is 983. The minimum Gasteiger partial charge on any atom is -0.322 e. The third-order valence-electron chi connectivity index (χ3n) is 4.15. The van der Waals surface area contributed by atoms with E-state index in [1.165, 1.54) is 0 Å². The summed E-state index contributed by atoms with van der Waals surface area (Å²) in [5.41, 5.74) is 5.51. The largest absolute Gasteiger partial charge is 0.322 e. The van der Waals surface area contributed by atoms with E-state index in [0.29, 0.717) is 11.1 Å². The highest BCUT2D eigenvalue weighted by Crippen LogP contribution is 2.28. The lowest BCUT2D eigenvalue weighted by Gasteiger charge is -2.13. The molecule has 0 saturated heterocycles. The van der Waals surface area contributed by atoms with Gasteiger partial charge in [0.2, 0.25) is 0 Å². The van der Waals surface area contributed by atoms with Crippen LogP contribution in [0, 0.1) is 25.2 Å². The van der Waals surface area contributed by atoms with Crippen LogP contribution >= 0.6 is 0 Å². The highest BCUT2D eigenvalue weighted by Gasteiger charge is 2.15. The summed E-state index contributed by atoms with van der Waals surface area (Å²) in [7, 11) is 0. The maximum atomic E-state index is 12.9. The highest BCUT2D eigenvalue weighted by atomic mass is 16.1. The van der Waals surface area contributed by atoms with E-state index in [1.807, 2.05) is 68.4 Å². The number of hydrogen-bond acceptors (Lipinski definition) is 2. The summed E-state index contributed by atoms with van der Waals surface area (Å²) >= 11 is 0. The molecule has 3 aromatic rings. The molecule has 0 aliphatic heterocycles. The molecule has 3 aromatic carbocycles. The number of nitrogens with zero attached hydrogens (tertiary/aromatic N) is 1. The van der Waals surface area contributed by atoms with Gasteiger partial charge in [-0.15, -0.1) is 0 Å². The molecule has 0 aliphatic rings. The second-order valence-electron chi connectivity index (χ2n) is 5.98. The average Bonchev–Trinajstić information content (AvgIpc) is 2.64. The average molecular weight is 326 g/mol. The molecule has 0 spiro atoms. The summed E-state index contributed by atoms with van der Waals surface area (Å²) in [4.78, 5) is 12.9. The first-order chi connectivity index (χ1) is 12.1. The summed E-state index contributed by atoms with van der Waals surface area (Å²) in [5, 5.41) is 12.4. The van der Waals surface area contributed by atoms with Crippen molar-refractivity contribution in [3.05, 3.63) is 89.0 Å². The molecule has 0 fully saturated rings. The van der Waals surface area contributed by atoms with Crippen LogP contribution in [0.2, 0.25) is 0 Å². The van der Waals surface area contributed by atoms with Crippen molar-refractivity contribution in [2.45, 2.75) is 13.8 Å². The molecule has 3 heteroatoms. The number of nitrogens with one attached hydrogen (secondary N) is 1. The molecular formula is C22H18N2O. The van der Waals surface area contributed by atoms with Crippen LogP contribution in [-0.2, 0) is 0 Å². The van der Waals surface area contributed by atoms with Crippen LogP contribution in [0.3, 0.4) is 0 Å². The lowest BCUT2D eigenvalue weighted by atomic mass is 9.95. The van der Waals surface area contributed by atoms with Crippen molar-refractivity contribution in [1.82, 2.24) is 0 Å². The molecule has 3 rings (SSSR count). The fourth-order valence-electron chi connectivity index (χ4n) is 2.79. The molecule has 0 heterocycles. The summed E-state index contributed by atoms with van der Waals surface area (Å²) in [6.45, 7) is 3.96. The van der Waals surface area contributed by atoms with Gasteiger partial charge >= 0.3 is 0 Å². The molecule has 0 unspecified atom stereocenters. The van der Waals surface area contributed by atoms with Gasteiger partial charge in [-0.2, -0.15) is 5.26 Å². The fraction of sp³-hybridized carbons (Fsp3) is 0.0909. The van der Waals surface area contributed by atoms with E-state index >= 15 is 0 Å². The number of benzene rings is 3. The van der Waals surface area contributed by atoms with E-state index in [9.17, 15) is 10.1 Å². The molecule has 1 N–H and O–H groups in total. The van der Waals surface area contributed by atoms with E-state index < -0.39 is 0 Å². The quantitative estimate of drug-likeness (QED) is 0.728. The first-order valence-electron chi connectivity index (χ1n) is 8.07.